The summed E-state index contributed by atoms with van der Waals surface area (Å²) in [4.78, 5) is 6.69. The summed E-state index contributed by atoms with van der Waals surface area (Å²) in [7, 11) is 0. The van der Waals surface area contributed by atoms with E-state index in [0.29, 0.717) is 44.2 Å². The van der Waals surface area contributed by atoms with E-state index in [2.05, 4.69) is 20.5 Å². The maximum atomic E-state index is 14.2. The number of nitrogens with one attached hydrogen (secondary N) is 1. The first-order valence-electron chi connectivity index (χ1n) is 11.5. The summed E-state index contributed by atoms with van der Waals surface area (Å²) in [5, 5.41) is 12.1. The van der Waals surface area contributed by atoms with Gasteiger partial charge in [0, 0.05) is 49.8 Å². The molecule has 3 aromatic rings. The molecular weight excluding hydrogens is 432 g/mol. The highest BCUT2D eigenvalue weighted by Crippen LogP contribution is 2.37. The van der Waals surface area contributed by atoms with Crippen LogP contribution in [0.15, 0.2) is 24.7 Å². The summed E-state index contributed by atoms with van der Waals surface area (Å²) in [6.45, 7) is 5.89. The second-order valence-corrected chi connectivity index (χ2v) is 8.51. The normalized spacial score (nSPS) is 24.5. The standard InChI is InChI=1S/C22H29F2N7O2/c1-3-33-14(2)31-11-15(10-25-31)17-5-8-30-21(20(17)29-7-4-16(23)12-29)27-22(28-30)26-19-6-9-32-13-18(19)24/h5,8,10-11,14,16,18-19H,3-4,6-7,9,12-13H2,1-2H3,(H,26,28)/t14?,16-,18-,19+/m1/s1. The van der Waals surface area contributed by atoms with Crippen LogP contribution in [0, 0.1) is 0 Å². The van der Waals surface area contributed by atoms with Crippen LogP contribution >= 0.6 is 0 Å². The molecular formula is C22H29F2N7O2. The Hall–Kier alpha value is -2.79. The smallest absolute Gasteiger partial charge is 0.243 e. The summed E-state index contributed by atoms with van der Waals surface area (Å²) < 4.78 is 42.7. The summed E-state index contributed by atoms with van der Waals surface area (Å²) in [6.07, 6.45) is 4.31. The molecule has 33 heavy (non-hydrogen) atoms. The second kappa shape index (κ2) is 9.22. The maximum Gasteiger partial charge on any atom is 0.243 e. The Kier molecular flexibility index (Phi) is 6.15. The van der Waals surface area contributed by atoms with Crippen molar-refractivity contribution in [3.05, 3.63) is 24.7 Å². The first kappa shape index (κ1) is 22.0. The number of ether oxygens (including phenoxy) is 2. The van der Waals surface area contributed by atoms with Gasteiger partial charge in [-0.25, -0.2) is 18.0 Å². The van der Waals surface area contributed by atoms with Gasteiger partial charge >= 0.3 is 0 Å². The second-order valence-electron chi connectivity index (χ2n) is 8.51. The third-order valence-electron chi connectivity index (χ3n) is 6.22. The van der Waals surface area contributed by atoms with E-state index in [0.717, 1.165) is 16.8 Å². The van der Waals surface area contributed by atoms with Crippen molar-refractivity contribution in [1.29, 1.82) is 0 Å². The van der Waals surface area contributed by atoms with Crippen molar-refractivity contribution < 1.29 is 18.3 Å². The molecule has 0 spiro atoms. The zero-order chi connectivity index (χ0) is 22.9. The summed E-state index contributed by atoms with van der Waals surface area (Å²) in [5.41, 5.74) is 3.16. The number of pyridine rings is 1. The van der Waals surface area contributed by atoms with Gasteiger partial charge in [-0.05, 0) is 32.8 Å². The summed E-state index contributed by atoms with van der Waals surface area (Å²) in [6, 6.07) is 1.53. The van der Waals surface area contributed by atoms with Crippen LogP contribution in [-0.2, 0) is 9.47 Å². The molecule has 2 aliphatic heterocycles. The molecule has 0 bridgehead atoms. The van der Waals surface area contributed by atoms with Crippen LogP contribution in [-0.4, -0.2) is 75.7 Å². The van der Waals surface area contributed by atoms with Gasteiger partial charge in [0.1, 0.15) is 18.6 Å². The van der Waals surface area contributed by atoms with Crippen molar-refractivity contribution in [1.82, 2.24) is 24.4 Å². The predicted octanol–water partition coefficient (Wildman–Crippen LogP) is 3.23. The van der Waals surface area contributed by atoms with Gasteiger partial charge in [0.25, 0.3) is 0 Å². The molecule has 0 aromatic carbocycles. The third kappa shape index (κ3) is 4.39. The number of nitrogens with zero attached hydrogens (tertiary/aromatic N) is 6. The number of alkyl halides is 2. The van der Waals surface area contributed by atoms with Gasteiger partial charge in [-0.2, -0.15) is 10.1 Å². The molecule has 2 saturated heterocycles. The van der Waals surface area contributed by atoms with Crippen molar-refractivity contribution in [3.8, 4) is 11.1 Å². The number of anilines is 2. The average molecular weight is 462 g/mol. The van der Waals surface area contributed by atoms with Crippen LogP contribution in [0.5, 0.6) is 0 Å². The van der Waals surface area contributed by atoms with Crippen LogP contribution in [0.2, 0.25) is 0 Å². The predicted molar refractivity (Wildman–Crippen MR) is 120 cm³/mol. The lowest BCUT2D eigenvalue weighted by Gasteiger charge is -2.26. The van der Waals surface area contributed by atoms with E-state index < -0.39 is 18.4 Å². The van der Waals surface area contributed by atoms with E-state index in [1.54, 1.807) is 15.4 Å². The average Bonchev–Trinajstić information content (AvgIpc) is 3.54. The van der Waals surface area contributed by atoms with E-state index in [1.165, 1.54) is 0 Å². The van der Waals surface area contributed by atoms with Crippen molar-refractivity contribution in [3.63, 3.8) is 0 Å². The fraction of sp³-hybridized carbons (Fsp3) is 0.591. The molecule has 3 aromatic heterocycles. The fourth-order valence-corrected chi connectivity index (χ4v) is 4.48. The SMILES string of the molecule is CCOC(C)n1cc(-c2ccn3nc(N[C@H]4CCOC[C@H]4F)nc3c2N2CC[C@@H](F)C2)cn1. The molecule has 4 atom stereocenters. The van der Waals surface area contributed by atoms with Gasteiger partial charge in [-0.3, -0.25) is 0 Å². The monoisotopic (exact) mass is 461 g/mol. The van der Waals surface area contributed by atoms with Gasteiger partial charge in [-0.1, -0.05) is 0 Å². The Balaban J connectivity index is 1.53. The quantitative estimate of drug-likeness (QED) is 0.579. The van der Waals surface area contributed by atoms with Crippen molar-refractivity contribution in [2.75, 3.05) is 43.1 Å². The van der Waals surface area contributed by atoms with E-state index in [9.17, 15) is 8.78 Å². The van der Waals surface area contributed by atoms with E-state index in [1.807, 2.05) is 37.2 Å². The Morgan fingerprint density at radius 2 is 2.21 bits per heavy atom. The minimum absolute atomic E-state index is 0.0657. The number of fused-ring (bicyclic) bond motifs is 1. The number of hydrogen-bond donors (Lipinski definition) is 1. The van der Waals surface area contributed by atoms with Gasteiger partial charge in [0.15, 0.2) is 5.65 Å². The summed E-state index contributed by atoms with van der Waals surface area (Å²) in [5.74, 6) is 0.347. The molecule has 0 radical (unpaired) electrons. The van der Waals surface area contributed by atoms with Crippen molar-refractivity contribution in [2.24, 2.45) is 0 Å². The third-order valence-corrected chi connectivity index (χ3v) is 6.22. The molecule has 1 N–H and O–H groups in total. The molecule has 5 heterocycles. The van der Waals surface area contributed by atoms with Gasteiger partial charge in [0.2, 0.25) is 5.95 Å². The number of rotatable bonds is 7. The molecule has 0 aliphatic carbocycles. The highest BCUT2D eigenvalue weighted by molar-refractivity contribution is 5.88. The molecule has 11 heteroatoms. The molecule has 9 nitrogen and oxygen atoms in total. The fourth-order valence-electron chi connectivity index (χ4n) is 4.48. The zero-order valence-corrected chi connectivity index (χ0v) is 18.8. The van der Waals surface area contributed by atoms with Crippen molar-refractivity contribution in [2.45, 2.75) is 51.3 Å². The molecule has 2 aliphatic rings. The first-order chi connectivity index (χ1) is 16.0. The van der Waals surface area contributed by atoms with Crippen LogP contribution in [0.25, 0.3) is 16.8 Å². The van der Waals surface area contributed by atoms with E-state index in [-0.39, 0.29) is 19.4 Å². The molecule has 5 rings (SSSR count). The Bertz CT molecular complexity index is 1100. The molecule has 0 amide bonds. The largest absolute Gasteiger partial charge is 0.378 e. The lowest BCUT2D eigenvalue weighted by molar-refractivity contribution is 0.0160. The molecule has 178 valence electrons. The number of aromatic nitrogens is 5. The van der Waals surface area contributed by atoms with Gasteiger partial charge in [0.05, 0.1) is 24.5 Å². The number of halogens is 2. The lowest BCUT2D eigenvalue weighted by Crippen LogP contribution is -2.39. The molecule has 1 unspecified atom stereocenters. The lowest BCUT2D eigenvalue weighted by atomic mass is 10.1. The Morgan fingerprint density at radius 1 is 1.33 bits per heavy atom. The maximum absolute atomic E-state index is 14.2. The minimum Gasteiger partial charge on any atom is -0.378 e. The van der Waals surface area contributed by atoms with Crippen LogP contribution in [0.4, 0.5) is 20.4 Å². The Morgan fingerprint density at radius 3 is 2.97 bits per heavy atom. The Labute approximate surface area is 190 Å². The topological polar surface area (TPSA) is 81.7 Å². The zero-order valence-electron chi connectivity index (χ0n) is 18.8. The van der Waals surface area contributed by atoms with Gasteiger partial charge < -0.3 is 19.7 Å². The molecule has 0 saturated carbocycles. The van der Waals surface area contributed by atoms with E-state index in [4.69, 9.17) is 9.47 Å². The van der Waals surface area contributed by atoms with Crippen LogP contribution in [0.1, 0.15) is 32.9 Å². The minimum atomic E-state index is -1.12. The first-order valence-corrected chi connectivity index (χ1v) is 11.5. The van der Waals surface area contributed by atoms with Crippen molar-refractivity contribution >= 4 is 17.3 Å². The summed E-state index contributed by atoms with van der Waals surface area (Å²) >= 11 is 0. The van der Waals surface area contributed by atoms with Crippen LogP contribution in [0.3, 0.4) is 0 Å². The van der Waals surface area contributed by atoms with Crippen LogP contribution < -0.4 is 10.2 Å². The molecule has 2 fully saturated rings. The highest BCUT2D eigenvalue weighted by atomic mass is 19.1. The van der Waals surface area contributed by atoms with E-state index >= 15 is 0 Å². The van der Waals surface area contributed by atoms with Gasteiger partial charge in [-0.15, -0.1) is 5.10 Å². The number of hydrogen-bond acceptors (Lipinski definition) is 7. The highest BCUT2D eigenvalue weighted by Gasteiger charge is 2.29.